The molecule has 0 radical (unpaired) electrons. The van der Waals surface area contributed by atoms with Gasteiger partial charge in [0.2, 0.25) is 0 Å². The van der Waals surface area contributed by atoms with Gasteiger partial charge in [0, 0.05) is 6.07 Å². The molecule has 1 aromatic carbocycles. The van der Waals surface area contributed by atoms with Crippen LogP contribution in [0.1, 0.15) is 10.4 Å². The lowest BCUT2D eigenvalue weighted by Crippen LogP contribution is -2.14. The molecule has 7 heteroatoms. The maximum absolute atomic E-state index is 11.0. The van der Waals surface area contributed by atoms with Gasteiger partial charge in [0.25, 0.3) is 11.6 Å². The maximum Gasteiger partial charge on any atom is 0.283 e. The second kappa shape index (κ2) is 4.26. The molecule has 0 aromatic heterocycles. The van der Waals surface area contributed by atoms with Crippen LogP contribution in [0.15, 0.2) is 16.6 Å². The van der Waals surface area contributed by atoms with Crippen molar-refractivity contribution in [3.05, 3.63) is 32.3 Å². The molecule has 6 nitrogen and oxygen atoms in total. The van der Waals surface area contributed by atoms with Crippen LogP contribution >= 0.6 is 15.9 Å². The van der Waals surface area contributed by atoms with Crippen molar-refractivity contribution in [3.8, 4) is 5.75 Å². The molecule has 15 heavy (non-hydrogen) atoms. The van der Waals surface area contributed by atoms with E-state index in [1.54, 1.807) is 0 Å². The van der Waals surface area contributed by atoms with E-state index < -0.39 is 10.8 Å². The van der Waals surface area contributed by atoms with Crippen LogP contribution in [-0.4, -0.2) is 17.9 Å². The van der Waals surface area contributed by atoms with Crippen molar-refractivity contribution < 1.29 is 14.5 Å². The van der Waals surface area contributed by atoms with Gasteiger partial charge in [-0.1, -0.05) is 0 Å². The molecular formula is C8H7BrN2O4. The van der Waals surface area contributed by atoms with E-state index in [4.69, 9.17) is 10.5 Å². The van der Waals surface area contributed by atoms with Gasteiger partial charge >= 0.3 is 0 Å². The molecule has 0 unspecified atom stereocenters. The van der Waals surface area contributed by atoms with Crippen molar-refractivity contribution in [3.63, 3.8) is 0 Å². The molecule has 0 aliphatic heterocycles. The first-order valence-corrected chi connectivity index (χ1v) is 4.59. The number of benzene rings is 1. The molecule has 80 valence electrons. The van der Waals surface area contributed by atoms with Gasteiger partial charge in [0.15, 0.2) is 0 Å². The fourth-order valence-corrected chi connectivity index (χ4v) is 1.78. The predicted molar refractivity (Wildman–Crippen MR) is 55.9 cm³/mol. The molecule has 1 amide bonds. The number of amides is 1. The summed E-state index contributed by atoms with van der Waals surface area (Å²) in [6, 6.07) is 2.55. The highest BCUT2D eigenvalue weighted by atomic mass is 79.9. The van der Waals surface area contributed by atoms with Gasteiger partial charge < -0.3 is 10.5 Å². The first kappa shape index (κ1) is 11.4. The minimum absolute atomic E-state index is 0.187. The van der Waals surface area contributed by atoms with Gasteiger partial charge in [-0.15, -0.1) is 0 Å². The number of ether oxygens (including phenoxy) is 1. The number of carbonyl (C=O) groups is 1. The van der Waals surface area contributed by atoms with Crippen molar-refractivity contribution in [2.45, 2.75) is 0 Å². The second-order valence-electron chi connectivity index (χ2n) is 2.60. The van der Waals surface area contributed by atoms with Gasteiger partial charge in [-0.2, -0.15) is 0 Å². The Labute approximate surface area is 93.3 Å². The number of halogens is 1. The zero-order chi connectivity index (χ0) is 11.6. The molecule has 0 saturated carbocycles. The fourth-order valence-electron chi connectivity index (χ4n) is 1.09. The lowest BCUT2D eigenvalue weighted by Gasteiger charge is -2.06. The number of rotatable bonds is 3. The molecule has 2 N–H and O–H groups in total. The summed E-state index contributed by atoms with van der Waals surface area (Å²) in [7, 11) is 1.39. The molecule has 1 aromatic rings. The number of hydrogen-bond donors (Lipinski definition) is 1. The largest absolute Gasteiger partial charge is 0.496 e. The van der Waals surface area contributed by atoms with Crippen LogP contribution in [0.4, 0.5) is 5.69 Å². The highest BCUT2D eigenvalue weighted by Gasteiger charge is 2.23. The Kier molecular flexibility index (Phi) is 3.25. The first-order chi connectivity index (χ1) is 6.99. The van der Waals surface area contributed by atoms with E-state index in [2.05, 4.69) is 15.9 Å². The number of methoxy groups -OCH3 is 1. The van der Waals surface area contributed by atoms with Crippen LogP contribution in [0.25, 0.3) is 0 Å². The SMILES string of the molecule is COc1ccc([N+](=O)[O-])c(C(N)=O)c1Br. The monoisotopic (exact) mass is 274 g/mol. The van der Waals surface area contributed by atoms with E-state index >= 15 is 0 Å². The smallest absolute Gasteiger partial charge is 0.283 e. The van der Waals surface area contributed by atoms with Crippen molar-refractivity contribution in [1.82, 2.24) is 0 Å². The van der Waals surface area contributed by atoms with Crippen molar-refractivity contribution >= 4 is 27.5 Å². The molecule has 0 fully saturated rings. The van der Waals surface area contributed by atoms with Crippen molar-refractivity contribution in [2.75, 3.05) is 7.11 Å². The molecule has 0 saturated heterocycles. The highest BCUT2D eigenvalue weighted by Crippen LogP contribution is 2.34. The number of primary amides is 1. The summed E-state index contributed by atoms with van der Waals surface area (Å²) in [6.45, 7) is 0. The maximum atomic E-state index is 11.0. The first-order valence-electron chi connectivity index (χ1n) is 3.79. The summed E-state index contributed by atoms with van der Waals surface area (Å²) in [6.07, 6.45) is 0. The average molecular weight is 275 g/mol. The summed E-state index contributed by atoms with van der Waals surface area (Å²) >= 11 is 3.03. The van der Waals surface area contributed by atoms with Crippen LogP contribution in [0.2, 0.25) is 0 Å². The molecule has 0 aliphatic rings. The van der Waals surface area contributed by atoms with Crippen LogP contribution in [0.3, 0.4) is 0 Å². The third-order valence-corrected chi connectivity index (χ3v) is 2.53. The number of nitro groups is 1. The Bertz CT molecular complexity index is 433. The Morgan fingerprint density at radius 3 is 2.60 bits per heavy atom. The number of carbonyl (C=O) groups excluding carboxylic acids is 1. The predicted octanol–water partition coefficient (Wildman–Crippen LogP) is 1.46. The lowest BCUT2D eigenvalue weighted by atomic mass is 10.1. The molecule has 0 bridgehead atoms. The molecule has 0 aliphatic carbocycles. The molecule has 0 heterocycles. The average Bonchev–Trinajstić information content (AvgIpc) is 2.16. The highest BCUT2D eigenvalue weighted by molar-refractivity contribution is 9.10. The molecule has 1 rings (SSSR count). The van der Waals surface area contributed by atoms with E-state index in [0.29, 0.717) is 5.75 Å². The van der Waals surface area contributed by atoms with Crippen LogP contribution in [0, 0.1) is 10.1 Å². The number of nitrogens with zero attached hydrogens (tertiary/aromatic N) is 1. The van der Waals surface area contributed by atoms with E-state index in [1.165, 1.54) is 19.2 Å². The van der Waals surface area contributed by atoms with Gasteiger partial charge in [0.05, 0.1) is 16.5 Å². The quantitative estimate of drug-likeness (QED) is 0.667. The third kappa shape index (κ3) is 2.07. The minimum Gasteiger partial charge on any atom is -0.496 e. The summed E-state index contributed by atoms with van der Waals surface area (Å²) in [5.74, 6) is -0.568. The van der Waals surface area contributed by atoms with Crippen molar-refractivity contribution in [2.24, 2.45) is 5.73 Å². The Balaban J connectivity index is 3.51. The van der Waals surface area contributed by atoms with Gasteiger partial charge in [-0.3, -0.25) is 14.9 Å². The molecule has 0 spiro atoms. The Morgan fingerprint density at radius 1 is 1.60 bits per heavy atom. The van der Waals surface area contributed by atoms with E-state index in [-0.39, 0.29) is 15.7 Å². The van der Waals surface area contributed by atoms with Gasteiger partial charge in [-0.25, -0.2) is 0 Å². The second-order valence-corrected chi connectivity index (χ2v) is 3.39. The minimum atomic E-state index is -0.882. The lowest BCUT2D eigenvalue weighted by molar-refractivity contribution is -0.385. The van der Waals surface area contributed by atoms with E-state index in [0.717, 1.165) is 0 Å². The zero-order valence-corrected chi connectivity index (χ0v) is 9.28. The van der Waals surface area contributed by atoms with Crippen molar-refractivity contribution in [1.29, 1.82) is 0 Å². The van der Waals surface area contributed by atoms with Crippen LogP contribution in [0.5, 0.6) is 5.75 Å². The Morgan fingerprint density at radius 2 is 2.20 bits per heavy atom. The zero-order valence-electron chi connectivity index (χ0n) is 7.69. The van der Waals surface area contributed by atoms with E-state index in [1.807, 2.05) is 0 Å². The molecule has 0 atom stereocenters. The topological polar surface area (TPSA) is 95.5 Å². The normalized spacial score (nSPS) is 9.73. The summed E-state index contributed by atoms with van der Waals surface area (Å²) < 4.78 is 5.08. The summed E-state index contributed by atoms with van der Waals surface area (Å²) in [5.41, 5.74) is 4.50. The number of hydrogen-bond acceptors (Lipinski definition) is 4. The summed E-state index contributed by atoms with van der Waals surface area (Å²) in [4.78, 5) is 21.0. The standard InChI is InChI=1S/C8H7BrN2O4/c1-15-5-3-2-4(11(13)14)6(7(5)9)8(10)12/h2-3H,1H3,(H2,10,12). The number of nitrogens with two attached hydrogens (primary N) is 1. The number of nitro benzene ring substituents is 1. The van der Waals surface area contributed by atoms with E-state index in [9.17, 15) is 14.9 Å². The van der Waals surface area contributed by atoms with Gasteiger partial charge in [0.1, 0.15) is 11.3 Å². The molecular weight excluding hydrogens is 268 g/mol. The van der Waals surface area contributed by atoms with Crippen LogP contribution in [-0.2, 0) is 0 Å². The fraction of sp³-hybridized carbons (Fsp3) is 0.125. The van der Waals surface area contributed by atoms with Crippen LogP contribution < -0.4 is 10.5 Å². The Hall–Kier alpha value is -1.63. The third-order valence-electron chi connectivity index (χ3n) is 1.75. The summed E-state index contributed by atoms with van der Waals surface area (Å²) in [5, 5.41) is 10.6. The van der Waals surface area contributed by atoms with Gasteiger partial charge in [-0.05, 0) is 22.0 Å².